The second kappa shape index (κ2) is 5.17. The number of carbonyl (C=O) groups excluding carboxylic acids is 1. The average molecular weight is 261 g/mol. The summed E-state index contributed by atoms with van der Waals surface area (Å²) >= 11 is 0. The number of rotatable bonds is 2. The zero-order chi connectivity index (χ0) is 13.2. The number of nitrogens with zero attached hydrogens (tertiary/aromatic N) is 2. The van der Waals surface area contributed by atoms with Crippen LogP contribution >= 0.6 is 0 Å². The SMILES string of the molecule is CNc1ncccc1C(=O)N1CCOC2CCCC21. The van der Waals surface area contributed by atoms with Gasteiger partial charge in [-0.15, -0.1) is 0 Å². The highest BCUT2D eigenvalue weighted by atomic mass is 16.5. The third-order valence-electron chi connectivity index (χ3n) is 4.02. The van der Waals surface area contributed by atoms with Crippen LogP contribution in [0.2, 0.25) is 0 Å². The fourth-order valence-electron chi connectivity index (χ4n) is 3.11. The number of hydrogen-bond acceptors (Lipinski definition) is 4. The number of amides is 1. The van der Waals surface area contributed by atoms with Crippen LogP contribution in [0.15, 0.2) is 18.3 Å². The minimum Gasteiger partial charge on any atom is -0.374 e. The van der Waals surface area contributed by atoms with Gasteiger partial charge in [0.05, 0.1) is 24.3 Å². The van der Waals surface area contributed by atoms with Crippen molar-refractivity contribution in [1.82, 2.24) is 9.88 Å². The molecule has 2 unspecified atom stereocenters. The lowest BCUT2D eigenvalue weighted by molar-refractivity contribution is -0.0445. The monoisotopic (exact) mass is 261 g/mol. The predicted molar refractivity (Wildman–Crippen MR) is 72.2 cm³/mol. The largest absolute Gasteiger partial charge is 0.374 e. The van der Waals surface area contributed by atoms with Crippen molar-refractivity contribution in [3.63, 3.8) is 0 Å². The van der Waals surface area contributed by atoms with Gasteiger partial charge in [-0.25, -0.2) is 4.98 Å². The van der Waals surface area contributed by atoms with Crippen LogP contribution in [0.25, 0.3) is 0 Å². The summed E-state index contributed by atoms with van der Waals surface area (Å²) in [6.07, 6.45) is 5.18. The maximum absolute atomic E-state index is 12.7. The number of ether oxygens (including phenoxy) is 1. The molecule has 1 saturated heterocycles. The highest BCUT2D eigenvalue weighted by Crippen LogP contribution is 2.31. The summed E-state index contributed by atoms with van der Waals surface area (Å²) in [7, 11) is 1.79. The van der Waals surface area contributed by atoms with Gasteiger partial charge in [0.2, 0.25) is 0 Å². The van der Waals surface area contributed by atoms with Crippen LogP contribution in [-0.4, -0.2) is 48.1 Å². The first-order valence-electron chi connectivity index (χ1n) is 6.86. The van der Waals surface area contributed by atoms with E-state index in [-0.39, 0.29) is 18.1 Å². The molecule has 0 aromatic carbocycles. The summed E-state index contributed by atoms with van der Waals surface area (Å²) in [6, 6.07) is 3.88. The van der Waals surface area contributed by atoms with Crippen molar-refractivity contribution in [2.45, 2.75) is 31.4 Å². The lowest BCUT2D eigenvalue weighted by Gasteiger charge is -2.37. The molecular weight excluding hydrogens is 242 g/mol. The van der Waals surface area contributed by atoms with Crippen molar-refractivity contribution in [1.29, 1.82) is 0 Å². The summed E-state index contributed by atoms with van der Waals surface area (Å²) in [5, 5.41) is 2.99. The molecule has 2 aliphatic rings. The van der Waals surface area contributed by atoms with Crippen LogP contribution in [0.1, 0.15) is 29.6 Å². The molecule has 1 saturated carbocycles. The standard InChI is InChI=1S/C14H19N3O2/c1-15-13-10(4-3-7-16-13)14(18)17-8-9-19-12-6-2-5-11(12)17/h3-4,7,11-12H,2,5-6,8-9H2,1H3,(H,15,16). The van der Waals surface area contributed by atoms with Gasteiger partial charge in [0.15, 0.2) is 0 Å². The highest BCUT2D eigenvalue weighted by Gasteiger charge is 2.39. The van der Waals surface area contributed by atoms with E-state index < -0.39 is 0 Å². The second-order valence-corrected chi connectivity index (χ2v) is 5.06. The van der Waals surface area contributed by atoms with Crippen LogP contribution in [0.3, 0.4) is 0 Å². The molecule has 3 rings (SSSR count). The summed E-state index contributed by atoms with van der Waals surface area (Å²) in [6.45, 7) is 1.32. The minimum atomic E-state index is 0.0673. The van der Waals surface area contributed by atoms with Crippen LogP contribution in [-0.2, 0) is 4.74 Å². The van der Waals surface area contributed by atoms with Gasteiger partial charge in [0, 0.05) is 19.8 Å². The van der Waals surface area contributed by atoms with E-state index in [1.807, 2.05) is 11.0 Å². The fraction of sp³-hybridized carbons (Fsp3) is 0.571. The Morgan fingerprint density at radius 3 is 3.26 bits per heavy atom. The van der Waals surface area contributed by atoms with Crippen molar-refractivity contribution >= 4 is 11.7 Å². The van der Waals surface area contributed by atoms with E-state index >= 15 is 0 Å². The van der Waals surface area contributed by atoms with Crippen molar-refractivity contribution in [2.75, 3.05) is 25.5 Å². The van der Waals surface area contributed by atoms with E-state index in [9.17, 15) is 4.79 Å². The second-order valence-electron chi connectivity index (χ2n) is 5.06. The Kier molecular flexibility index (Phi) is 3.38. The minimum absolute atomic E-state index is 0.0673. The van der Waals surface area contributed by atoms with E-state index in [1.54, 1.807) is 19.3 Å². The molecule has 19 heavy (non-hydrogen) atoms. The average Bonchev–Trinajstić information content (AvgIpc) is 2.94. The van der Waals surface area contributed by atoms with Gasteiger partial charge in [-0.1, -0.05) is 0 Å². The first kappa shape index (κ1) is 12.4. The molecule has 5 heteroatoms. The molecule has 2 heterocycles. The van der Waals surface area contributed by atoms with Gasteiger partial charge in [-0.3, -0.25) is 4.79 Å². The molecule has 1 N–H and O–H groups in total. The molecule has 1 aromatic heterocycles. The van der Waals surface area contributed by atoms with Gasteiger partial charge >= 0.3 is 0 Å². The first-order chi connectivity index (χ1) is 9.31. The van der Waals surface area contributed by atoms with Gasteiger partial charge in [-0.05, 0) is 31.4 Å². The third kappa shape index (κ3) is 2.18. The Labute approximate surface area is 113 Å². The molecule has 5 nitrogen and oxygen atoms in total. The van der Waals surface area contributed by atoms with Crippen LogP contribution in [0, 0.1) is 0 Å². The number of fused-ring (bicyclic) bond motifs is 1. The smallest absolute Gasteiger partial charge is 0.258 e. The Morgan fingerprint density at radius 1 is 1.53 bits per heavy atom. The summed E-state index contributed by atoms with van der Waals surface area (Å²) in [5.74, 6) is 0.714. The topological polar surface area (TPSA) is 54.5 Å². The summed E-state index contributed by atoms with van der Waals surface area (Å²) < 4.78 is 5.75. The van der Waals surface area contributed by atoms with E-state index in [1.165, 1.54) is 0 Å². The molecule has 102 valence electrons. The first-order valence-corrected chi connectivity index (χ1v) is 6.86. The summed E-state index contributed by atoms with van der Waals surface area (Å²) in [5.41, 5.74) is 0.651. The molecule has 0 spiro atoms. The third-order valence-corrected chi connectivity index (χ3v) is 4.02. The number of hydrogen-bond donors (Lipinski definition) is 1. The van der Waals surface area contributed by atoms with Crippen molar-refractivity contribution < 1.29 is 9.53 Å². The lowest BCUT2D eigenvalue weighted by atomic mass is 10.1. The lowest BCUT2D eigenvalue weighted by Crippen LogP contribution is -2.51. The molecule has 1 aromatic rings. The van der Waals surface area contributed by atoms with Gasteiger partial charge in [0.25, 0.3) is 5.91 Å². The van der Waals surface area contributed by atoms with E-state index in [2.05, 4.69) is 10.3 Å². The van der Waals surface area contributed by atoms with Crippen molar-refractivity contribution in [3.05, 3.63) is 23.9 Å². The van der Waals surface area contributed by atoms with E-state index in [0.717, 1.165) is 19.3 Å². The van der Waals surface area contributed by atoms with Crippen LogP contribution < -0.4 is 5.32 Å². The summed E-state index contributed by atoms with van der Waals surface area (Å²) in [4.78, 5) is 18.9. The number of pyridine rings is 1. The molecular formula is C14H19N3O2. The number of nitrogens with one attached hydrogen (secondary N) is 1. The Bertz CT molecular complexity index is 478. The van der Waals surface area contributed by atoms with E-state index in [0.29, 0.717) is 24.5 Å². The van der Waals surface area contributed by atoms with Crippen molar-refractivity contribution in [2.24, 2.45) is 0 Å². The maximum Gasteiger partial charge on any atom is 0.258 e. The van der Waals surface area contributed by atoms with Crippen LogP contribution in [0.5, 0.6) is 0 Å². The maximum atomic E-state index is 12.7. The molecule has 2 atom stereocenters. The zero-order valence-corrected chi connectivity index (χ0v) is 11.1. The quantitative estimate of drug-likeness (QED) is 0.877. The number of morpholine rings is 1. The molecule has 2 fully saturated rings. The number of anilines is 1. The Hall–Kier alpha value is -1.62. The zero-order valence-electron chi connectivity index (χ0n) is 11.1. The molecule has 1 aliphatic heterocycles. The molecule has 0 bridgehead atoms. The Balaban J connectivity index is 1.86. The van der Waals surface area contributed by atoms with E-state index in [4.69, 9.17) is 4.74 Å². The van der Waals surface area contributed by atoms with Crippen LogP contribution in [0.4, 0.5) is 5.82 Å². The molecule has 0 radical (unpaired) electrons. The molecule has 1 aliphatic carbocycles. The Morgan fingerprint density at radius 2 is 2.42 bits per heavy atom. The molecule has 1 amide bonds. The van der Waals surface area contributed by atoms with Gasteiger partial charge in [-0.2, -0.15) is 0 Å². The fourth-order valence-corrected chi connectivity index (χ4v) is 3.11. The van der Waals surface area contributed by atoms with Gasteiger partial charge in [0.1, 0.15) is 5.82 Å². The predicted octanol–water partition coefficient (Wildman–Crippen LogP) is 1.52. The number of carbonyl (C=O) groups is 1. The number of aromatic nitrogens is 1. The normalized spacial score (nSPS) is 26.1. The van der Waals surface area contributed by atoms with Crippen molar-refractivity contribution in [3.8, 4) is 0 Å². The van der Waals surface area contributed by atoms with Gasteiger partial charge < -0.3 is 15.0 Å². The highest BCUT2D eigenvalue weighted by molar-refractivity contribution is 5.99.